The Bertz CT molecular complexity index is 498. The van der Waals surface area contributed by atoms with Crippen molar-refractivity contribution in [2.45, 2.75) is 40.5 Å². The predicted molar refractivity (Wildman–Crippen MR) is 84.8 cm³/mol. The first-order chi connectivity index (χ1) is 8.80. The number of anilines is 1. The number of nitrogens with zero attached hydrogens (tertiary/aromatic N) is 2. The smallest absolute Gasteiger partial charge is 0.139 e. The fourth-order valence-corrected chi connectivity index (χ4v) is 2.93. The molecule has 1 aliphatic heterocycles. The van der Waals surface area contributed by atoms with Gasteiger partial charge in [-0.3, -0.25) is 0 Å². The molecule has 3 nitrogen and oxygen atoms in total. The van der Waals surface area contributed by atoms with E-state index in [1.165, 1.54) is 12.8 Å². The zero-order valence-electron chi connectivity index (χ0n) is 12.3. The van der Waals surface area contributed by atoms with Gasteiger partial charge in [0.1, 0.15) is 10.8 Å². The second-order valence-electron chi connectivity index (χ2n) is 6.29. The summed E-state index contributed by atoms with van der Waals surface area (Å²) in [7, 11) is 0. The molecule has 0 saturated carbocycles. The summed E-state index contributed by atoms with van der Waals surface area (Å²) in [4.78, 5) is 7.47. The van der Waals surface area contributed by atoms with E-state index in [9.17, 15) is 0 Å². The summed E-state index contributed by atoms with van der Waals surface area (Å²) in [6.45, 7) is 10.8. The first-order valence-corrected chi connectivity index (χ1v) is 7.24. The maximum Gasteiger partial charge on any atom is 0.139 e. The third-order valence-corrected chi connectivity index (χ3v) is 4.19. The zero-order valence-corrected chi connectivity index (χ0v) is 13.1. The molecule has 0 spiro atoms. The number of piperidine rings is 1. The van der Waals surface area contributed by atoms with Crippen molar-refractivity contribution < 1.29 is 0 Å². The van der Waals surface area contributed by atoms with Crippen LogP contribution in [0.1, 0.15) is 43.5 Å². The van der Waals surface area contributed by atoms with E-state index < -0.39 is 0 Å². The van der Waals surface area contributed by atoms with Gasteiger partial charge in [-0.2, -0.15) is 0 Å². The van der Waals surface area contributed by atoms with E-state index in [-0.39, 0.29) is 0 Å². The molecule has 0 atom stereocenters. The summed E-state index contributed by atoms with van der Waals surface area (Å²) in [5.41, 5.74) is 9.41. The molecule has 2 heterocycles. The lowest BCUT2D eigenvalue weighted by atomic mass is 9.82. The van der Waals surface area contributed by atoms with Gasteiger partial charge in [0.25, 0.3) is 0 Å². The lowest BCUT2D eigenvalue weighted by Gasteiger charge is -2.38. The quantitative estimate of drug-likeness (QED) is 0.844. The van der Waals surface area contributed by atoms with E-state index in [0.717, 1.165) is 35.7 Å². The molecule has 1 aromatic rings. The first-order valence-electron chi connectivity index (χ1n) is 6.83. The maximum atomic E-state index is 5.89. The summed E-state index contributed by atoms with van der Waals surface area (Å²) in [5, 5.41) is 0. The fraction of sp³-hybridized carbons (Fsp3) is 0.600. The highest BCUT2D eigenvalue weighted by Crippen LogP contribution is 2.33. The van der Waals surface area contributed by atoms with Crippen molar-refractivity contribution in [3.63, 3.8) is 0 Å². The Morgan fingerprint density at radius 2 is 1.89 bits per heavy atom. The average molecular weight is 277 g/mol. The van der Waals surface area contributed by atoms with E-state index in [1.54, 1.807) is 0 Å². The highest BCUT2D eigenvalue weighted by Gasteiger charge is 2.28. The minimum absolute atomic E-state index is 0.429. The molecule has 104 valence electrons. The summed E-state index contributed by atoms with van der Waals surface area (Å²) in [6, 6.07) is 2.05. The molecular formula is C15H23N3S. The Labute approximate surface area is 121 Å². The third-order valence-electron chi connectivity index (χ3n) is 3.99. The van der Waals surface area contributed by atoms with Crippen LogP contribution in [0, 0.1) is 19.3 Å². The van der Waals surface area contributed by atoms with Gasteiger partial charge >= 0.3 is 0 Å². The monoisotopic (exact) mass is 277 g/mol. The van der Waals surface area contributed by atoms with Crippen LogP contribution in [0.25, 0.3) is 0 Å². The van der Waals surface area contributed by atoms with E-state index in [0.29, 0.717) is 10.4 Å². The molecule has 19 heavy (non-hydrogen) atoms. The second kappa shape index (κ2) is 5.08. The molecule has 4 heteroatoms. The molecule has 0 amide bonds. The molecule has 1 aromatic heterocycles. The van der Waals surface area contributed by atoms with Crippen LogP contribution in [-0.4, -0.2) is 23.1 Å². The molecule has 0 aromatic carbocycles. The Morgan fingerprint density at radius 3 is 2.42 bits per heavy atom. The van der Waals surface area contributed by atoms with Crippen LogP contribution in [0.4, 0.5) is 5.82 Å². The van der Waals surface area contributed by atoms with Crippen molar-refractivity contribution in [2.75, 3.05) is 18.0 Å². The van der Waals surface area contributed by atoms with Gasteiger partial charge in [0, 0.05) is 18.8 Å². The maximum absolute atomic E-state index is 5.89. The summed E-state index contributed by atoms with van der Waals surface area (Å²) in [6.07, 6.45) is 2.36. The van der Waals surface area contributed by atoms with Crippen LogP contribution in [0.2, 0.25) is 0 Å². The van der Waals surface area contributed by atoms with Gasteiger partial charge in [0.05, 0.1) is 5.56 Å². The number of pyridine rings is 1. The van der Waals surface area contributed by atoms with Crippen LogP contribution >= 0.6 is 12.2 Å². The highest BCUT2D eigenvalue weighted by atomic mass is 32.1. The SMILES string of the molecule is Cc1cc(C)c(C(N)=S)c(N2CCC(C)(C)CC2)n1. The van der Waals surface area contributed by atoms with Crippen molar-refractivity contribution >= 4 is 23.0 Å². The molecule has 2 rings (SSSR count). The summed E-state index contributed by atoms with van der Waals surface area (Å²) in [5.74, 6) is 0.973. The van der Waals surface area contributed by atoms with Crippen LogP contribution in [0.3, 0.4) is 0 Å². The van der Waals surface area contributed by atoms with Crippen LogP contribution in [-0.2, 0) is 0 Å². The standard InChI is InChI=1S/C15H23N3S/c1-10-9-11(2)17-14(12(10)13(16)19)18-7-5-15(3,4)6-8-18/h9H,5-8H2,1-4H3,(H2,16,19). The largest absolute Gasteiger partial charge is 0.389 e. The van der Waals surface area contributed by atoms with E-state index in [2.05, 4.69) is 30.7 Å². The molecule has 0 unspecified atom stereocenters. The Morgan fingerprint density at radius 1 is 1.32 bits per heavy atom. The molecule has 0 aliphatic carbocycles. The molecule has 0 bridgehead atoms. The average Bonchev–Trinajstić information content (AvgIpc) is 2.26. The van der Waals surface area contributed by atoms with Gasteiger partial charge < -0.3 is 10.6 Å². The molecular weight excluding hydrogens is 254 g/mol. The van der Waals surface area contributed by atoms with Gasteiger partial charge in [-0.05, 0) is 43.7 Å². The Hall–Kier alpha value is -1.16. The fourth-order valence-electron chi connectivity index (χ4n) is 2.67. The van der Waals surface area contributed by atoms with Gasteiger partial charge in [-0.1, -0.05) is 26.1 Å². The number of nitrogens with two attached hydrogens (primary N) is 1. The van der Waals surface area contributed by atoms with E-state index >= 15 is 0 Å². The molecule has 1 saturated heterocycles. The van der Waals surface area contributed by atoms with Crippen molar-refractivity contribution in [3.05, 3.63) is 22.9 Å². The number of aromatic nitrogens is 1. The molecule has 1 fully saturated rings. The number of aryl methyl sites for hydroxylation is 2. The van der Waals surface area contributed by atoms with Crippen molar-refractivity contribution in [3.8, 4) is 0 Å². The van der Waals surface area contributed by atoms with Crippen molar-refractivity contribution in [2.24, 2.45) is 11.1 Å². The van der Waals surface area contributed by atoms with Crippen LogP contribution in [0.15, 0.2) is 6.07 Å². The normalized spacial score (nSPS) is 18.4. The first kappa shape index (κ1) is 14.3. The Balaban J connectivity index is 2.37. The van der Waals surface area contributed by atoms with Crippen LogP contribution in [0.5, 0.6) is 0 Å². The summed E-state index contributed by atoms with van der Waals surface area (Å²) >= 11 is 5.21. The summed E-state index contributed by atoms with van der Waals surface area (Å²) < 4.78 is 0. The number of rotatable bonds is 2. The van der Waals surface area contributed by atoms with Crippen LogP contribution < -0.4 is 10.6 Å². The van der Waals surface area contributed by atoms with Crippen molar-refractivity contribution in [1.82, 2.24) is 4.98 Å². The second-order valence-corrected chi connectivity index (χ2v) is 6.73. The molecule has 1 aliphatic rings. The zero-order chi connectivity index (χ0) is 14.2. The van der Waals surface area contributed by atoms with Gasteiger partial charge in [0.15, 0.2) is 0 Å². The van der Waals surface area contributed by atoms with Gasteiger partial charge in [-0.25, -0.2) is 4.98 Å². The Kier molecular flexibility index (Phi) is 3.81. The lowest BCUT2D eigenvalue weighted by Crippen LogP contribution is -2.39. The minimum Gasteiger partial charge on any atom is -0.389 e. The van der Waals surface area contributed by atoms with E-state index in [4.69, 9.17) is 18.0 Å². The predicted octanol–water partition coefficient (Wildman–Crippen LogP) is 2.96. The number of thiocarbonyl (C=S) groups is 1. The van der Waals surface area contributed by atoms with Gasteiger partial charge in [-0.15, -0.1) is 0 Å². The number of hydrogen-bond acceptors (Lipinski definition) is 3. The van der Waals surface area contributed by atoms with Crippen molar-refractivity contribution in [1.29, 1.82) is 0 Å². The highest BCUT2D eigenvalue weighted by molar-refractivity contribution is 7.80. The van der Waals surface area contributed by atoms with E-state index in [1.807, 2.05) is 13.0 Å². The molecule has 2 N–H and O–H groups in total. The topological polar surface area (TPSA) is 42.1 Å². The minimum atomic E-state index is 0.429. The number of hydrogen-bond donors (Lipinski definition) is 1. The molecule has 0 radical (unpaired) electrons. The lowest BCUT2D eigenvalue weighted by molar-refractivity contribution is 0.279. The third kappa shape index (κ3) is 3.06. The van der Waals surface area contributed by atoms with Gasteiger partial charge in [0.2, 0.25) is 0 Å².